The SMILES string of the molecule is Cc1ccc(CNCCCC(=O)O)s1. The van der Waals surface area contributed by atoms with Crippen LogP contribution >= 0.6 is 11.3 Å². The van der Waals surface area contributed by atoms with E-state index in [4.69, 9.17) is 5.11 Å². The lowest BCUT2D eigenvalue weighted by molar-refractivity contribution is -0.137. The van der Waals surface area contributed by atoms with Gasteiger partial charge in [-0.3, -0.25) is 4.79 Å². The Bertz CT molecular complexity index is 296. The van der Waals surface area contributed by atoms with Crippen LogP contribution in [0.15, 0.2) is 12.1 Å². The van der Waals surface area contributed by atoms with E-state index in [1.807, 2.05) is 0 Å². The molecule has 2 N–H and O–H groups in total. The zero-order valence-electron chi connectivity index (χ0n) is 8.25. The minimum atomic E-state index is -0.723. The van der Waals surface area contributed by atoms with Crippen molar-refractivity contribution in [3.63, 3.8) is 0 Å². The van der Waals surface area contributed by atoms with Crippen LogP contribution in [0, 0.1) is 6.92 Å². The van der Waals surface area contributed by atoms with Crippen molar-refractivity contribution >= 4 is 17.3 Å². The van der Waals surface area contributed by atoms with Crippen LogP contribution in [-0.2, 0) is 11.3 Å². The largest absolute Gasteiger partial charge is 0.481 e. The second-order valence-corrected chi connectivity index (χ2v) is 4.56. The van der Waals surface area contributed by atoms with Gasteiger partial charge in [0.25, 0.3) is 0 Å². The highest BCUT2D eigenvalue weighted by atomic mass is 32.1. The Morgan fingerprint density at radius 1 is 1.57 bits per heavy atom. The highest BCUT2D eigenvalue weighted by molar-refractivity contribution is 7.11. The van der Waals surface area contributed by atoms with Crippen LogP contribution < -0.4 is 5.32 Å². The molecule has 0 radical (unpaired) electrons. The van der Waals surface area contributed by atoms with E-state index in [0.29, 0.717) is 6.42 Å². The summed E-state index contributed by atoms with van der Waals surface area (Å²) in [6.45, 7) is 3.69. The first-order chi connectivity index (χ1) is 6.68. The third kappa shape index (κ3) is 4.39. The Hall–Kier alpha value is -0.870. The van der Waals surface area contributed by atoms with Crippen molar-refractivity contribution in [1.29, 1.82) is 0 Å². The van der Waals surface area contributed by atoms with Crippen LogP contribution in [0.4, 0.5) is 0 Å². The van der Waals surface area contributed by atoms with Gasteiger partial charge in [0, 0.05) is 22.7 Å². The Morgan fingerprint density at radius 2 is 2.36 bits per heavy atom. The van der Waals surface area contributed by atoms with Gasteiger partial charge in [0.2, 0.25) is 0 Å². The lowest BCUT2D eigenvalue weighted by Crippen LogP contribution is -2.14. The second kappa shape index (κ2) is 5.78. The number of carboxylic acid groups (broad SMARTS) is 1. The lowest BCUT2D eigenvalue weighted by atomic mass is 10.3. The molecule has 0 saturated heterocycles. The average Bonchev–Trinajstić information content (AvgIpc) is 2.50. The Kier molecular flexibility index (Phi) is 4.62. The van der Waals surface area contributed by atoms with E-state index in [9.17, 15) is 4.79 Å². The predicted octanol–water partition coefficient (Wildman–Crippen LogP) is 2.01. The summed E-state index contributed by atoms with van der Waals surface area (Å²) < 4.78 is 0. The molecule has 0 aromatic carbocycles. The third-order valence-corrected chi connectivity index (χ3v) is 2.84. The van der Waals surface area contributed by atoms with Crippen LogP contribution in [0.2, 0.25) is 0 Å². The summed E-state index contributed by atoms with van der Waals surface area (Å²) in [4.78, 5) is 12.8. The fourth-order valence-corrected chi connectivity index (χ4v) is 2.02. The van der Waals surface area contributed by atoms with E-state index in [0.717, 1.165) is 13.1 Å². The van der Waals surface area contributed by atoms with E-state index in [2.05, 4.69) is 24.4 Å². The van der Waals surface area contributed by atoms with E-state index < -0.39 is 5.97 Å². The van der Waals surface area contributed by atoms with Crippen molar-refractivity contribution in [2.24, 2.45) is 0 Å². The number of aryl methyl sites for hydroxylation is 1. The molecule has 0 spiro atoms. The summed E-state index contributed by atoms with van der Waals surface area (Å²) in [5.74, 6) is -0.723. The fraction of sp³-hybridized carbons (Fsp3) is 0.500. The van der Waals surface area contributed by atoms with Crippen molar-refractivity contribution in [2.75, 3.05) is 6.54 Å². The monoisotopic (exact) mass is 213 g/mol. The zero-order valence-corrected chi connectivity index (χ0v) is 9.06. The Labute approximate surface area is 87.8 Å². The maximum absolute atomic E-state index is 10.2. The van der Waals surface area contributed by atoms with Gasteiger partial charge in [-0.15, -0.1) is 11.3 Å². The molecule has 0 atom stereocenters. The molecule has 1 aromatic heterocycles. The predicted molar refractivity (Wildman–Crippen MR) is 57.6 cm³/mol. The molecule has 0 aliphatic heterocycles. The number of carboxylic acids is 1. The Morgan fingerprint density at radius 3 is 2.93 bits per heavy atom. The second-order valence-electron chi connectivity index (χ2n) is 3.19. The first-order valence-electron chi connectivity index (χ1n) is 4.66. The molecular weight excluding hydrogens is 198 g/mol. The van der Waals surface area contributed by atoms with Crippen molar-refractivity contribution in [1.82, 2.24) is 5.32 Å². The van der Waals surface area contributed by atoms with Gasteiger partial charge in [-0.05, 0) is 32.0 Å². The first kappa shape index (κ1) is 11.2. The minimum absolute atomic E-state index is 0.246. The molecule has 1 heterocycles. The minimum Gasteiger partial charge on any atom is -0.481 e. The van der Waals surface area contributed by atoms with Gasteiger partial charge < -0.3 is 10.4 Å². The van der Waals surface area contributed by atoms with E-state index in [-0.39, 0.29) is 6.42 Å². The van der Waals surface area contributed by atoms with E-state index in [1.165, 1.54) is 9.75 Å². The van der Waals surface area contributed by atoms with Crippen LogP contribution in [0.25, 0.3) is 0 Å². The maximum atomic E-state index is 10.2. The molecule has 0 unspecified atom stereocenters. The summed E-state index contributed by atoms with van der Waals surface area (Å²) in [6, 6.07) is 4.20. The zero-order chi connectivity index (χ0) is 10.4. The average molecular weight is 213 g/mol. The first-order valence-corrected chi connectivity index (χ1v) is 5.48. The van der Waals surface area contributed by atoms with Gasteiger partial charge in [0.15, 0.2) is 0 Å². The van der Waals surface area contributed by atoms with Crippen LogP contribution in [0.3, 0.4) is 0 Å². The molecule has 3 nitrogen and oxygen atoms in total. The van der Waals surface area contributed by atoms with Crippen molar-refractivity contribution in [2.45, 2.75) is 26.3 Å². The Balaban J connectivity index is 2.07. The third-order valence-electron chi connectivity index (χ3n) is 1.84. The van der Waals surface area contributed by atoms with Gasteiger partial charge in [0.1, 0.15) is 0 Å². The summed E-state index contributed by atoms with van der Waals surface area (Å²) in [5.41, 5.74) is 0. The normalized spacial score (nSPS) is 10.4. The molecule has 0 aliphatic rings. The summed E-state index contributed by atoms with van der Waals surface area (Å²) in [6.07, 6.45) is 0.941. The van der Waals surface area contributed by atoms with Gasteiger partial charge in [-0.25, -0.2) is 0 Å². The number of nitrogens with one attached hydrogen (secondary N) is 1. The van der Waals surface area contributed by atoms with Crippen LogP contribution in [-0.4, -0.2) is 17.6 Å². The highest BCUT2D eigenvalue weighted by Gasteiger charge is 1.97. The van der Waals surface area contributed by atoms with Crippen LogP contribution in [0.5, 0.6) is 0 Å². The smallest absolute Gasteiger partial charge is 0.303 e. The molecule has 1 aromatic rings. The molecule has 0 aliphatic carbocycles. The van der Waals surface area contributed by atoms with Gasteiger partial charge in [0.05, 0.1) is 0 Å². The van der Waals surface area contributed by atoms with Crippen molar-refractivity contribution < 1.29 is 9.90 Å². The summed E-state index contributed by atoms with van der Waals surface area (Å²) in [7, 11) is 0. The number of aliphatic carboxylic acids is 1. The van der Waals surface area contributed by atoms with Crippen LogP contribution in [0.1, 0.15) is 22.6 Å². The highest BCUT2D eigenvalue weighted by Crippen LogP contribution is 2.14. The number of thiophene rings is 1. The molecule has 4 heteroatoms. The molecular formula is C10H15NO2S. The molecule has 0 fully saturated rings. The van der Waals surface area contributed by atoms with Gasteiger partial charge >= 0.3 is 5.97 Å². The standard InChI is InChI=1S/C10H15NO2S/c1-8-4-5-9(14-8)7-11-6-2-3-10(12)13/h4-5,11H,2-3,6-7H2,1H3,(H,12,13). The number of hydrogen-bond acceptors (Lipinski definition) is 3. The van der Waals surface area contributed by atoms with Crippen molar-refractivity contribution in [3.05, 3.63) is 21.9 Å². The van der Waals surface area contributed by atoms with E-state index >= 15 is 0 Å². The lowest BCUT2D eigenvalue weighted by Gasteiger charge is -2.00. The molecule has 1 rings (SSSR count). The number of carbonyl (C=O) groups is 1. The molecule has 14 heavy (non-hydrogen) atoms. The van der Waals surface area contributed by atoms with Crippen molar-refractivity contribution in [3.8, 4) is 0 Å². The molecule has 0 bridgehead atoms. The summed E-state index contributed by atoms with van der Waals surface area (Å²) >= 11 is 1.77. The van der Waals surface area contributed by atoms with Gasteiger partial charge in [-0.1, -0.05) is 0 Å². The quantitative estimate of drug-likeness (QED) is 0.711. The topological polar surface area (TPSA) is 49.3 Å². The maximum Gasteiger partial charge on any atom is 0.303 e. The number of rotatable bonds is 6. The fourth-order valence-electron chi connectivity index (χ4n) is 1.16. The molecule has 0 saturated carbocycles. The van der Waals surface area contributed by atoms with E-state index in [1.54, 1.807) is 11.3 Å². The van der Waals surface area contributed by atoms with Gasteiger partial charge in [-0.2, -0.15) is 0 Å². The number of hydrogen-bond donors (Lipinski definition) is 2. The molecule has 0 amide bonds. The summed E-state index contributed by atoms with van der Waals surface area (Å²) in [5, 5.41) is 11.6. The molecule has 78 valence electrons.